The Morgan fingerprint density at radius 3 is 2.23 bits per heavy atom. The summed E-state index contributed by atoms with van der Waals surface area (Å²) < 4.78 is 18.8. The van der Waals surface area contributed by atoms with Gasteiger partial charge in [-0.3, -0.25) is 0 Å². The molecule has 9 heteroatoms. The maximum Gasteiger partial charge on any atom is 0.186 e. The number of aliphatic hydroxyl groups is 6. The van der Waals surface area contributed by atoms with Crippen LogP contribution in [0, 0.1) is 50.7 Å². The van der Waals surface area contributed by atoms with Crippen molar-refractivity contribution in [3.63, 3.8) is 0 Å². The molecular weight excluding hydrogens is 564 g/mol. The standard InChI is InChI=1S/C35H58O9/c1-18-7-10-23(31(4,5)41)43-27-24(18)35(17-36)14-13-34-16-33(34)12-11-22(44-29-26(39)25(38)19(37)15-42-29)30(2,3)20(33)8-9-21(34)32(35,6)28(27)40/h18-29,36-41H,7-17H2,1-6H3/t18-,19-,20+,21+,22+,23-,24+,25+,26-,27-,28+,29+,32-,33-,34+,35+/m1/s1. The fourth-order valence-corrected chi connectivity index (χ4v) is 13.3. The molecule has 16 atom stereocenters. The maximum absolute atomic E-state index is 12.4. The zero-order chi connectivity index (χ0) is 31.8. The molecule has 0 bridgehead atoms. The lowest BCUT2D eigenvalue weighted by atomic mass is 9.41. The fraction of sp³-hybridized carbons (Fsp3) is 1.00. The molecule has 5 aliphatic carbocycles. The predicted molar refractivity (Wildman–Crippen MR) is 161 cm³/mol. The van der Waals surface area contributed by atoms with Gasteiger partial charge in [-0.1, -0.05) is 27.7 Å². The van der Waals surface area contributed by atoms with Crippen molar-refractivity contribution in [1.29, 1.82) is 0 Å². The van der Waals surface area contributed by atoms with Crippen molar-refractivity contribution in [3.05, 3.63) is 0 Å². The van der Waals surface area contributed by atoms with Gasteiger partial charge in [0.15, 0.2) is 6.29 Å². The topological polar surface area (TPSA) is 149 Å². The third-order valence-corrected chi connectivity index (χ3v) is 15.5. The van der Waals surface area contributed by atoms with Crippen LogP contribution >= 0.6 is 0 Å². The molecule has 0 amide bonds. The Morgan fingerprint density at radius 1 is 0.864 bits per heavy atom. The molecule has 2 heterocycles. The summed E-state index contributed by atoms with van der Waals surface area (Å²) >= 11 is 0. The van der Waals surface area contributed by atoms with E-state index in [0.29, 0.717) is 5.92 Å². The Bertz CT molecular complexity index is 1120. The molecule has 5 saturated carbocycles. The first-order chi connectivity index (χ1) is 20.5. The zero-order valence-electron chi connectivity index (χ0n) is 27.6. The average Bonchev–Trinajstić information content (AvgIpc) is 3.62. The van der Waals surface area contributed by atoms with E-state index in [1.807, 2.05) is 0 Å². The first-order valence-electron chi connectivity index (χ1n) is 17.5. The summed E-state index contributed by atoms with van der Waals surface area (Å²) in [6.07, 6.45) is 2.27. The summed E-state index contributed by atoms with van der Waals surface area (Å²) in [5.41, 5.74) is -1.85. The van der Waals surface area contributed by atoms with E-state index in [-0.39, 0.29) is 59.4 Å². The largest absolute Gasteiger partial charge is 0.396 e. The van der Waals surface area contributed by atoms with Crippen LogP contribution in [0.4, 0.5) is 0 Å². The molecule has 2 aliphatic heterocycles. The molecular formula is C35H58O9. The first-order valence-corrected chi connectivity index (χ1v) is 17.5. The second-order valence-corrected chi connectivity index (χ2v) is 17.8. The molecule has 7 fully saturated rings. The van der Waals surface area contributed by atoms with E-state index in [1.165, 1.54) is 0 Å². The highest BCUT2D eigenvalue weighted by Gasteiger charge is 2.85. The fourth-order valence-electron chi connectivity index (χ4n) is 13.3. The monoisotopic (exact) mass is 622 g/mol. The van der Waals surface area contributed by atoms with Gasteiger partial charge in [0.2, 0.25) is 0 Å². The van der Waals surface area contributed by atoms with Crippen molar-refractivity contribution in [2.45, 2.75) is 154 Å². The van der Waals surface area contributed by atoms with Gasteiger partial charge in [-0.15, -0.1) is 0 Å². The van der Waals surface area contributed by atoms with Crippen LogP contribution in [0.3, 0.4) is 0 Å². The van der Waals surface area contributed by atoms with E-state index >= 15 is 0 Å². The van der Waals surface area contributed by atoms with Gasteiger partial charge in [0, 0.05) is 17.4 Å². The molecule has 2 spiro atoms. The summed E-state index contributed by atoms with van der Waals surface area (Å²) in [5.74, 6) is 1.00. The van der Waals surface area contributed by atoms with Crippen molar-refractivity contribution in [2.75, 3.05) is 13.2 Å². The molecule has 0 radical (unpaired) electrons. The number of hydrogen-bond acceptors (Lipinski definition) is 9. The van der Waals surface area contributed by atoms with Gasteiger partial charge < -0.3 is 44.8 Å². The first kappa shape index (κ1) is 32.2. The normalized spacial score (nSPS) is 58.1. The van der Waals surface area contributed by atoms with E-state index in [4.69, 9.17) is 14.2 Å². The molecule has 252 valence electrons. The van der Waals surface area contributed by atoms with Gasteiger partial charge in [-0.25, -0.2) is 0 Å². The number of ether oxygens (including phenoxy) is 3. The van der Waals surface area contributed by atoms with Crippen LogP contribution < -0.4 is 0 Å². The van der Waals surface area contributed by atoms with E-state index in [2.05, 4.69) is 27.7 Å². The third kappa shape index (κ3) is 3.91. The Labute approximate surface area is 262 Å². The SMILES string of the molecule is C[C@@H]1CC[C@H](C(C)(C)O)O[C@@H]2[C@H]1[C@@]1(CO)CC[C@@]34C[C@@]35CC[C@H](O[C@@H]3OC[C@@H](O)[C@H](O)[C@H]3O)C(C)(C)[C@@H]5CC[C@H]4[C@]1(C)[C@H]2O. The van der Waals surface area contributed by atoms with Crippen molar-refractivity contribution < 1.29 is 44.8 Å². The Kier molecular flexibility index (Phi) is 7.38. The molecule has 7 aliphatic rings. The lowest BCUT2D eigenvalue weighted by Gasteiger charge is -2.64. The van der Waals surface area contributed by atoms with E-state index in [1.54, 1.807) is 13.8 Å². The molecule has 7 rings (SSSR count). The van der Waals surface area contributed by atoms with Crippen LogP contribution in [0.15, 0.2) is 0 Å². The van der Waals surface area contributed by atoms with Crippen LogP contribution in [0.1, 0.15) is 99.3 Å². The van der Waals surface area contributed by atoms with Gasteiger partial charge in [0.1, 0.15) is 18.3 Å². The van der Waals surface area contributed by atoms with Gasteiger partial charge in [0.05, 0.1) is 36.6 Å². The summed E-state index contributed by atoms with van der Waals surface area (Å²) in [6, 6.07) is 0. The van der Waals surface area contributed by atoms with Gasteiger partial charge >= 0.3 is 0 Å². The number of rotatable bonds is 4. The quantitative estimate of drug-likeness (QED) is 0.260. The van der Waals surface area contributed by atoms with E-state index in [0.717, 1.165) is 57.8 Å². The molecule has 44 heavy (non-hydrogen) atoms. The number of aliphatic hydroxyl groups excluding tert-OH is 5. The molecule has 6 N–H and O–H groups in total. The molecule has 9 nitrogen and oxygen atoms in total. The lowest BCUT2D eigenvalue weighted by molar-refractivity contribution is -0.303. The van der Waals surface area contributed by atoms with Crippen molar-refractivity contribution in [2.24, 2.45) is 50.7 Å². The molecule has 0 aromatic carbocycles. The number of hydrogen-bond donors (Lipinski definition) is 6. The average molecular weight is 623 g/mol. The third-order valence-electron chi connectivity index (χ3n) is 15.5. The van der Waals surface area contributed by atoms with Crippen LogP contribution in [0.25, 0.3) is 0 Å². The van der Waals surface area contributed by atoms with Gasteiger partial charge in [0.25, 0.3) is 0 Å². The van der Waals surface area contributed by atoms with Crippen LogP contribution in [0.5, 0.6) is 0 Å². The van der Waals surface area contributed by atoms with Gasteiger partial charge in [-0.2, -0.15) is 0 Å². The predicted octanol–water partition coefficient (Wildman–Crippen LogP) is 2.76. The Morgan fingerprint density at radius 2 is 1.55 bits per heavy atom. The molecule has 0 aromatic rings. The Hall–Kier alpha value is -0.360. The van der Waals surface area contributed by atoms with Crippen molar-refractivity contribution in [3.8, 4) is 0 Å². The van der Waals surface area contributed by atoms with E-state index in [9.17, 15) is 30.6 Å². The minimum absolute atomic E-state index is 0.0426. The molecule has 0 unspecified atom stereocenters. The maximum atomic E-state index is 12.4. The van der Waals surface area contributed by atoms with Crippen LogP contribution in [0.2, 0.25) is 0 Å². The van der Waals surface area contributed by atoms with Crippen molar-refractivity contribution in [1.82, 2.24) is 0 Å². The van der Waals surface area contributed by atoms with Crippen molar-refractivity contribution >= 4 is 0 Å². The minimum Gasteiger partial charge on any atom is -0.396 e. The summed E-state index contributed by atoms with van der Waals surface area (Å²) in [6.45, 7) is 12.7. The highest BCUT2D eigenvalue weighted by atomic mass is 16.7. The smallest absolute Gasteiger partial charge is 0.186 e. The van der Waals surface area contributed by atoms with Gasteiger partial charge in [-0.05, 0) is 112 Å². The highest BCUT2D eigenvalue weighted by Crippen LogP contribution is 2.89. The number of fused-ring (bicyclic) bond motifs is 4. The summed E-state index contributed by atoms with van der Waals surface area (Å²) in [7, 11) is 0. The van der Waals surface area contributed by atoms with Crippen LogP contribution in [-0.4, -0.2) is 98.5 Å². The Balaban J connectivity index is 1.18. The molecule has 0 aromatic heterocycles. The second kappa shape index (κ2) is 10.1. The minimum atomic E-state index is -1.30. The lowest BCUT2D eigenvalue weighted by Crippen LogP contribution is -2.62. The molecule has 2 saturated heterocycles. The summed E-state index contributed by atoms with van der Waals surface area (Å²) in [5, 5.41) is 65.5. The van der Waals surface area contributed by atoms with E-state index < -0.39 is 53.2 Å². The summed E-state index contributed by atoms with van der Waals surface area (Å²) in [4.78, 5) is 0. The van der Waals surface area contributed by atoms with Crippen LogP contribution in [-0.2, 0) is 14.2 Å². The second-order valence-electron chi connectivity index (χ2n) is 17.8. The highest BCUT2D eigenvalue weighted by molar-refractivity contribution is 5.33. The zero-order valence-corrected chi connectivity index (χ0v) is 27.6.